The molecule has 1 aromatic rings. The molecule has 1 rings (SSSR count). The Morgan fingerprint density at radius 3 is 2.33 bits per heavy atom. The van der Waals surface area contributed by atoms with Crippen molar-refractivity contribution < 1.29 is 15.3 Å². The van der Waals surface area contributed by atoms with Crippen LogP contribution in [0.1, 0.15) is 50.7 Å². The van der Waals surface area contributed by atoms with Crippen molar-refractivity contribution in [2.75, 3.05) is 0 Å². The summed E-state index contributed by atoms with van der Waals surface area (Å²) in [6.07, 6.45) is 0.589. The van der Waals surface area contributed by atoms with Crippen LogP contribution in [0, 0.1) is 6.92 Å². The molecule has 0 bridgehead atoms. The number of rotatable bonds is 5. The summed E-state index contributed by atoms with van der Waals surface area (Å²) in [5.74, 6) is 0.552. The van der Waals surface area contributed by atoms with Crippen LogP contribution in [0.4, 0.5) is 0 Å². The number of hydrogen-bond donors (Lipinski definition) is 3. The predicted molar refractivity (Wildman–Crippen MR) is 72.8 cm³/mol. The van der Waals surface area contributed by atoms with Crippen molar-refractivity contribution in [3.05, 3.63) is 29.3 Å². The number of hydrogen-bond acceptors (Lipinski definition) is 3. The Hall–Kier alpha value is -1.06. The highest BCUT2D eigenvalue weighted by Gasteiger charge is 2.24. The molecular formula is C15H24O3. The molecule has 0 fully saturated rings. The Kier molecular flexibility index (Phi) is 4.77. The van der Waals surface area contributed by atoms with Gasteiger partial charge in [-0.1, -0.05) is 19.1 Å². The molecule has 0 amide bonds. The summed E-state index contributed by atoms with van der Waals surface area (Å²) in [6.45, 7) is 7.14. The van der Waals surface area contributed by atoms with Gasteiger partial charge in [0, 0.05) is 0 Å². The number of benzene rings is 1. The summed E-state index contributed by atoms with van der Waals surface area (Å²) in [7, 11) is 0. The van der Waals surface area contributed by atoms with E-state index in [1.54, 1.807) is 19.9 Å². The molecule has 0 saturated heterocycles. The molecule has 102 valence electrons. The van der Waals surface area contributed by atoms with Gasteiger partial charge in [-0.2, -0.15) is 0 Å². The summed E-state index contributed by atoms with van der Waals surface area (Å²) in [5.41, 5.74) is 0.860. The molecule has 0 spiro atoms. The van der Waals surface area contributed by atoms with E-state index in [0.717, 1.165) is 17.5 Å². The Morgan fingerprint density at radius 1 is 1.22 bits per heavy atom. The zero-order valence-corrected chi connectivity index (χ0v) is 11.6. The minimum atomic E-state index is -1.06. The molecule has 3 nitrogen and oxygen atoms in total. The number of aromatic hydroxyl groups is 1. The van der Waals surface area contributed by atoms with E-state index < -0.39 is 11.7 Å². The second-order valence-corrected chi connectivity index (χ2v) is 5.69. The van der Waals surface area contributed by atoms with Crippen molar-refractivity contribution in [1.82, 2.24) is 0 Å². The van der Waals surface area contributed by atoms with E-state index in [1.165, 1.54) is 0 Å². The molecule has 18 heavy (non-hydrogen) atoms. The first-order valence-corrected chi connectivity index (χ1v) is 6.41. The van der Waals surface area contributed by atoms with Gasteiger partial charge in [-0.05, 0) is 56.7 Å². The fourth-order valence-corrected chi connectivity index (χ4v) is 1.86. The Bertz CT molecular complexity index is 393. The van der Waals surface area contributed by atoms with Crippen LogP contribution in [0.15, 0.2) is 18.2 Å². The second-order valence-electron chi connectivity index (χ2n) is 5.69. The average molecular weight is 252 g/mol. The molecular weight excluding hydrogens is 228 g/mol. The summed E-state index contributed by atoms with van der Waals surface area (Å²) in [4.78, 5) is 0. The molecule has 3 N–H and O–H groups in total. The van der Waals surface area contributed by atoms with Gasteiger partial charge in [-0.15, -0.1) is 0 Å². The van der Waals surface area contributed by atoms with E-state index in [0.29, 0.717) is 12.2 Å². The van der Waals surface area contributed by atoms with Gasteiger partial charge in [-0.25, -0.2) is 0 Å². The number of phenols is 1. The molecule has 3 heteroatoms. The van der Waals surface area contributed by atoms with Crippen LogP contribution in [-0.2, 0) is 0 Å². The molecule has 0 radical (unpaired) electrons. The van der Waals surface area contributed by atoms with E-state index in [9.17, 15) is 15.3 Å². The maximum absolute atomic E-state index is 9.78. The molecule has 0 heterocycles. The first-order valence-electron chi connectivity index (χ1n) is 6.41. The number of aryl methyl sites for hydroxylation is 1. The molecule has 0 saturated carbocycles. The van der Waals surface area contributed by atoms with Crippen molar-refractivity contribution in [3.8, 4) is 5.75 Å². The molecule has 0 aromatic heterocycles. The quantitative estimate of drug-likeness (QED) is 0.755. The highest BCUT2D eigenvalue weighted by molar-refractivity contribution is 5.36. The zero-order chi connectivity index (χ0) is 13.9. The topological polar surface area (TPSA) is 60.7 Å². The van der Waals surface area contributed by atoms with Gasteiger partial charge in [0.25, 0.3) is 0 Å². The maximum atomic E-state index is 9.78. The van der Waals surface area contributed by atoms with Crippen LogP contribution >= 0.6 is 0 Å². The second kappa shape index (κ2) is 5.72. The van der Waals surface area contributed by atoms with E-state index in [2.05, 4.69) is 6.92 Å². The van der Waals surface area contributed by atoms with E-state index in [1.807, 2.05) is 19.1 Å². The van der Waals surface area contributed by atoms with Crippen LogP contribution in [0.3, 0.4) is 0 Å². The fourth-order valence-electron chi connectivity index (χ4n) is 1.86. The standard InChI is InChI=1S/C15H24O3/c1-10(6-8-14(17)15(3,4)18)12-7-5-11(2)13(16)9-12/h5,7,9-10,14,16-18H,6,8H2,1-4H3/t10-,14-/m1/s1. The smallest absolute Gasteiger partial charge is 0.118 e. The lowest BCUT2D eigenvalue weighted by molar-refractivity contribution is -0.0525. The van der Waals surface area contributed by atoms with Gasteiger partial charge >= 0.3 is 0 Å². The summed E-state index contributed by atoms with van der Waals surface area (Å²) in [5, 5.41) is 29.1. The third-order valence-corrected chi connectivity index (χ3v) is 3.49. The van der Waals surface area contributed by atoms with E-state index >= 15 is 0 Å². The van der Waals surface area contributed by atoms with Crippen LogP contribution in [0.2, 0.25) is 0 Å². The van der Waals surface area contributed by atoms with E-state index in [-0.39, 0.29) is 5.92 Å². The average Bonchev–Trinajstić information content (AvgIpc) is 2.27. The molecule has 0 aliphatic rings. The van der Waals surface area contributed by atoms with Gasteiger partial charge in [0.05, 0.1) is 11.7 Å². The number of aliphatic hydroxyl groups is 2. The monoisotopic (exact) mass is 252 g/mol. The molecule has 1 aromatic carbocycles. The first-order chi connectivity index (χ1) is 8.21. The first kappa shape index (κ1) is 15.0. The molecule has 0 aliphatic carbocycles. The van der Waals surface area contributed by atoms with Gasteiger partial charge < -0.3 is 15.3 Å². The Balaban J connectivity index is 2.60. The molecule has 0 unspecified atom stereocenters. The molecule has 2 atom stereocenters. The van der Waals surface area contributed by atoms with Gasteiger partial charge in [0.1, 0.15) is 5.75 Å². The number of phenolic OH excluding ortho intramolecular Hbond substituents is 1. The van der Waals surface area contributed by atoms with Gasteiger partial charge in [0.15, 0.2) is 0 Å². The number of aliphatic hydroxyl groups excluding tert-OH is 1. The Morgan fingerprint density at radius 2 is 1.83 bits per heavy atom. The third-order valence-electron chi connectivity index (χ3n) is 3.49. The fraction of sp³-hybridized carbons (Fsp3) is 0.600. The van der Waals surface area contributed by atoms with Crippen LogP contribution in [-0.4, -0.2) is 27.0 Å². The van der Waals surface area contributed by atoms with E-state index in [4.69, 9.17) is 0 Å². The van der Waals surface area contributed by atoms with Gasteiger partial charge in [-0.3, -0.25) is 0 Å². The summed E-state index contributed by atoms with van der Waals surface area (Å²) >= 11 is 0. The Labute approximate surface area is 109 Å². The molecule has 0 aliphatic heterocycles. The largest absolute Gasteiger partial charge is 0.508 e. The minimum Gasteiger partial charge on any atom is -0.508 e. The van der Waals surface area contributed by atoms with Crippen molar-refractivity contribution in [1.29, 1.82) is 0 Å². The normalized spacial score (nSPS) is 15.4. The van der Waals surface area contributed by atoms with Crippen LogP contribution < -0.4 is 0 Å². The highest BCUT2D eigenvalue weighted by atomic mass is 16.3. The summed E-state index contributed by atoms with van der Waals surface area (Å²) < 4.78 is 0. The lowest BCUT2D eigenvalue weighted by Gasteiger charge is -2.25. The maximum Gasteiger partial charge on any atom is 0.118 e. The highest BCUT2D eigenvalue weighted by Crippen LogP contribution is 2.27. The third kappa shape index (κ3) is 4.00. The summed E-state index contributed by atoms with van der Waals surface area (Å²) in [6, 6.07) is 5.67. The van der Waals surface area contributed by atoms with Crippen LogP contribution in [0.5, 0.6) is 5.75 Å². The SMILES string of the molecule is Cc1ccc([C@H](C)CC[C@@H](O)C(C)(C)O)cc1O. The predicted octanol–water partition coefficient (Wildman–Crippen LogP) is 2.72. The van der Waals surface area contributed by atoms with Crippen molar-refractivity contribution in [2.45, 2.75) is 58.2 Å². The van der Waals surface area contributed by atoms with Gasteiger partial charge in [0.2, 0.25) is 0 Å². The van der Waals surface area contributed by atoms with Crippen molar-refractivity contribution >= 4 is 0 Å². The van der Waals surface area contributed by atoms with Crippen LogP contribution in [0.25, 0.3) is 0 Å². The lowest BCUT2D eigenvalue weighted by Crippen LogP contribution is -2.35. The minimum absolute atomic E-state index is 0.244. The zero-order valence-electron chi connectivity index (χ0n) is 11.6. The lowest BCUT2D eigenvalue weighted by atomic mass is 9.90. The van der Waals surface area contributed by atoms with Crippen molar-refractivity contribution in [3.63, 3.8) is 0 Å². The van der Waals surface area contributed by atoms with Crippen molar-refractivity contribution in [2.24, 2.45) is 0 Å².